The number of hydrogen-bond acceptors (Lipinski definition) is 5. The molecule has 0 aromatic rings. The molecule has 1 spiro atoms. The molecule has 2 aliphatic carbocycles. The average molecular weight is 343 g/mol. The summed E-state index contributed by atoms with van der Waals surface area (Å²) in [6, 6.07) is -0.226. The largest absolute Gasteiger partial charge is 0.392 e. The maximum Gasteiger partial charge on any atom is 0.238 e. The van der Waals surface area contributed by atoms with Gasteiger partial charge in [0.25, 0.3) is 0 Å². The summed E-state index contributed by atoms with van der Waals surface area (Å²) in [5.41, 5.74) is -1.27. The Morgan fingerprint density at radius 1 is 1.39 bits per heavy atom. The highest BCUT2D eigenvalue weighted by Gasteiger charge is 2.71. The van der Waals surface area contributed by atoms with E-state index in [1.165, 1.54) is 0 Å². The van der Waals surface area contributed by atoms with E-state index < -0.39 is 27.4 Å². The summed E-state index contributed by atoms with van der Waals surface area (Å²) >= 11 is 0. The first-order valence-corrected chi connectivity index (χ1v) is 9.93. The Kier molecular flexibility index (Phi) is 3.69. The molecule has 0 aromatic carbocycles. The number of aliphatic hydroxyl groups is 1. The second-order valence-corrected chi connectivity index (χ2v) is 9.73. The lowest BCUT2D eigenvalue weighted by atomic mass is 9.46. The number of amides is 1. The first-order valence-electron chi connectivity index (χ1n) is 8.32. The molecule has 1 amide bonds. The molecule has 1 N–H and O–H groups in total. The zero-order chi connectivity index (χ0) is 17.2. The van der Waals surface area contributed by atoms with Crippen LogP contribution in [-0.4, -0.2) is 47.4 Å². The van der Waals surface area contributed by atoms with Gasteiger partial charge in [-0.25, -0.2) is 12.7 Å². The van der Waals surface area contributed by atoms with Crippen LogP contribution in [0.5, 0.6) is 0 Å². The first kappa shape index (κ1) is 16.9. The van der Waals surface area contributed by atoms with Gasteiger partial charge in [0.15, 0.2) is 0 Å². The summed E-state index contributed by atoms with van der Waals surface area (Å²) in [5, 5.41) is 10.3. The molecule has 1 aliphatic heterocycles. The topological polar surface area (TPSA) is 91.8 Å². The second kappa shape index (κ2) is 5.02. The minimum atomic E-state index is -3.59. The van der Waals surface area contributed by atoms with Gasteiger partial charge in [0.1, 0.15) is 5.78 Å². The Morgan fingerprint density at radius 3 is 2.48 bits per heavy atom. The van der Waals surface area contributed by atoms with Crippen molar-refractivity contribution in [2.75, 3.05) is 5.75 Å². The quantitative estimate of drug-likeness (QED) is 0.806. The van der Waals surface area contributed by atoms with Crippen molar-refractivity contribution in [1.82, 2.24) is 4.31 Å². The summed E-state index contributed by atoms with van der Waals surface area (Å²) in [4.78, 5) is 24.5. The number of carbonyl (C=O) groups excluding carboxylic acids is 2. The predicted octanol–water partition coefficient (Wildman–Crippen LogP) is 1.08. The number of ketones is 1. The standard InChI is InChI=1S/C16H25NO5S/c1-4-12(18)15(2,3)13(19)8-14(20)17-11-7-10-5-6-16(10,11)9-23(17,21)22/h10-11,13,19H,4-9H2,1-3H3/t10?,11?,13-,16-/m0/s1. The monoisotopic (exact) mass is 343 g/mol. The van der Waals surface area contributed by atoms with E-state index >= 15 is 0 Å². The smallest absolute Gasteiger partial charge is 0.238 e. The molecule has 0 radical (unpaired) electrons. The van der Waals surface area contributed by atoms with Gasteiger partial charge in [-0.3, -0.25) is 9.59 Å². The molecule has 1 saturated heterocycles. The average Bonchev–Trinajstić information content (AvgIpc) is 2.69. The Morgan fingerprint density at radius 2 is 2.04 bits per heavy atom. The molecule has 4 atom stereocenters. The SMILES string of the molecule is CCC(=O)C(C)(C)[C@@H](O)CC(=O)N1C2CC3CC[C@]32CS1(=O)=O. The van der Waals surface area contributed by atoms with Crippen molar-refractivity contribution in [3.8, 4) is 0 Å². The van der Waals surface area contributed by atoms with Gasteiger partial charge in [-0.15, -0.1) is 0 Å². The number of aliphatic hydroxyl groups excluding tert-OH is 1. The van der Waals surface area contributed by atoms with Crippen LogP contribution in [0.2, 0.25) is 0 Å². The molecule has 3 fully saturated rings. The van der Waals surface area contributed by atoms with Gasteiger partial charge >= 0.3 is 0 Å². The fourth-order valence-corrected chi connectivity index (χ4v) is 7.01. The van der Waals surface area contributed by atoms with Crippen LogP contribution in [0, 0.1) is 16.7 Å². The third-order valence-corrected chi connectivity index (χ3v) is 8.42. The third-order valence-electron chi connectivity index (χ3n) is 6.46. The zero-order valence-corrected chi connectivity index (χ0v) is 14.7. The minimum Gasteiger partial charge on any atom is -0.392 e. The molecular formula is C16H25NO5S. The summed E-state index contributed by atoms with van der Waals surface area (Å²) in [5.74, 6) is -0.208. The van der Waals surface area contributed by atoms with Gasteiger partial charge in [-0.05, 0) is 25.2 Å². The van der Waals surface area contributed by atoms with E-state index in [-0.39, 0.29) is 35.8 Å². The number of sulfonamides is 1. The Hall–Kier alpha value is -0.950. The summed E-state index contributed by atoms with van der Waals surface area (Å²) < 4.78 is 25.9. The summed E-state index contributed by atoms with van der Waals surface area (Å²) in [6.07, 6.45) is 1.44. The van der Waals surface area contributed by atoms with E-state index in [1.54, 1.807) is 20.8 Å². The fraction of sp³-hybridized carbons (Fsp3) is 0.875. The van der Waals surface area contributed by atoms with E-state index in [9.17, 15) is 23.1 Å². The molecule has 3 rings (SSSR count). The van der Waals surface area contributed by atoms with Gasteiger partial charge in [0, 0.05) is 17.3 Å². The first-order chi connectivity index (χ1) is 10.6. The highest BCUT2D eigenvalue weighted by atomic mass is 32.2. The fourth-order valence-electron chi connectivity index (χ4n) is 4.55. The van der Waals surface area contributed by atoms with Crippen LogP contribution in [0.3, 0.4) is 0 Å². The van der Waals surface area contributed by atoms with Gasteiger partial charge in [-0.1, -0.05) is 20.8 Å². The molecule has 2 unspecified atom stereocenters. The Labute approximate surface area is 137 Å². The van der Waals surface area contributed by atoms with Gasteiger partial charge in [0.2, 0.25) is 15.9 Å². The van der Waals surface area contributed by atoms with Crippen molar-refractivity contribution in [2.45, 2.75) is 65.0 Å². The molecule has 3 aliphatic rings. The van der Waals surface area contributed by atoms with Crippen LogP contribution in [0.1, 0.15) is 52.9 Å². The molecule has 23 heavy (non-hydrogen) atoms. The van der Waals surface area contributed by atoms with Crippen LogP contribution >= 0.6 is 0 Å². The number of hydrogen-bond donors (Lipinski definition) is 1. The van der Waals surface area contributed by atoms with Crippen molar-refractivity contribution in [3.63, 3.8) is 0 Å². The van der Waals surface area contributed by atoms with Gasteiger partial charge < -0.3 is 5.11 Å². The molecule has 1 heterocycles. The summed E-state index contributed by atoms with van der Waals surface area (Å²) in [6.45, 7) is 4.91. The van der Waals surface area contributed by atoms with E-state index in [1.807, 2.05) is 0 Å². The number of Topliss-reactive ketones (excluding diaryl/α,β-unsaturated/α-hetero) is 1. The minimum absolute atomic E-state index is 0.0639. The molecule has 0 aromatic heterocycles. The van der Waals surface area contributed by atoms with Crippen molar-refractivity contribution in [2.24, 2.45) is 16.7 Å². The van der Waals surface area contributed by atoms with E-state index in [0.29, 0.717) is 5.92 Å². The lowest BCUT2D eigenvalue weighted by Gasteiger charge is -2.60. The summed E-state index contributed by atoms with van der Waals surface area (Å²) in [7, 11) is -3.59. The van der Waals surface area contributed by atoms with Crippen molar-refractivity contribution in [1.29, 1.82) is 0 Å². The molecule has 130 valence electrons. The third kappa shape index (κ3) is 2.19. The number of carbonyl (C=O) groups is 2. The van der Waals surface area contributed by atoms with Crippen molar-refractivity contribution in [3.05, 3.63) is 0 Å². The predicted molar refractivity (Wildman–Crippen MR) is 83.9 cm³/mol. The molecule has 2 saturated carbocycles. The van der Waals surface area contributed by atoms with E-state index in [0.717, 1.165) is 23.6 Å². The van der Waals surface area contributed by atoms with Crippen LogP contribution in [0.25, 0.3) is 0 Å². The normalized spacial score (nSPS) is 35.6. The van der Waals surface area contributed by atoms with Crippen LogP contribution in [-0.2, 0) is 19.6 Å². The van der Waals surface area contributed by atoms with E-state index in [4.69, 9.17) is 0 Å². The van der Waals surface area contributed by atoms with Crippen LogP contribution in [0.4, 0.5) is 0 Å². The highest BCUT2D eigenvalue weighted by molar-refractivity contribution is 7.90. The Bertz CT molecular complexity index is 655. The number of nitrogens with zero attached hydrogens (tertiary/aromatic N) is 1. The van der Waals surface area contributed by atoms with Crippen LogP contribution < -0.4 is 0 Å². The lowest BCUT2D eigenvalue weighted by Crippen LogP contribution is -2.62. The van der Waals surface area contributed by atoms with Gasteiger partial charge in [-0.2, -0.15) is 0 Å². The van der Waals surface area contributed by atoms with Crippen LogP contribution in [0.15, 0.2) is 0 Å². The maximum atomic E-state index is 12.6. The molecular weight excluding hydrogens is 318 g/mol. The molecule has 7 heteroatoms. The highest BCUT2D eigenvalue weighted by Crippen LogP contribution is 2.67. The van der Waals surface area contributed by atoms with E-state index in [2.05, 4.69) is 0 Å². The van der Waals surface area contributed by atoms with Gasteiger partial charge in [0.05, 0.1) is 24.3 Å². The maximum absolute atomic E-state index is 12.6. The van der Waals surface area contributed by atoms with Crippen molar-refractivity contribution < 1.29 is 23.1 Å². The lowest BCUT2D eigenvalue weighted by molar-refractivity contribution is -0.149. The number of rotatable bonds is 5. The zero-order valence-electron chi connectivity index (χ0n) is 13.9. The Balaban J connectivity index is 1.75. The molecule has 6 nitrogen and oxygen atoms in total. The second-order valence-electron chi connectivity index (χ2n) is 7.88. The van der Waals surface area contributed by atoms with Crippen molar-refractivity contribution >= 4 is 21.7 Å². The molecule has 0 bridgehead atoms.